The molecule has 2 aromatic carbocycles. The molecule has 0 saturated carbocycles. The van der Waals surface area contributed by atoms with Crippen molar-refractivity contribution in [3.05, 3.63) is 62.6 Å². The van der Waals surface area contributed by atoms with E-state index in [1.54, 1.807) is 12.1 Å². The van der Waals surface area contributed by atoms with Crippen LogP contribution < -0.4 is 4.72 Å². The lowest BCUT2D eigenvalue weighted by Gasteiger charge is -2.09. The molecule has 0 spiro atoms. The van der Waals surface area contributed by atoms with Gasteiger partial charge in [-0.1, -0.05) is 22.0 Å². The zero-order chi connectivity index (χ0) is 15.6. The molecule has 0 aliphatic heterocycles. The van der Waals surface area contributed by atoms with Crippen LogP contribution in [0.5, 0.6) is 0 Å². The second-order valence-corrected chi connectivity index (χ2v) is 6.98. The normalized spacial score (nSPS) is 11.1. The van der Waals surface area contributed by atoms with E-state index in [0.29, 0.717) is 5.69 Å². The van der Waals surface area contributed by atoms with Crippen LogP contribution in [-0.2, 0) is 10.0 Å². The van der Waals surface area contributed by atoms with Crippen molar-refractivity contribution in [2.24, 2.45) is 0 Å². The van der Waals surface area contributed by atoms with E-state index < -0.39 is 14.9 Å². The monoisotopic (exact) mass is 370 g/mol. The SMILES string of the molecule is Cc1cc(Br)cc(NS(=O)(=O)c2cccc([N+](=O)[O-])c2)c1. The second-order valence-electron chi connectivity index (χ2n) is 4.38. The highest BCUT2D eigenvalue weighted by atomic mass is 79.9. The number of nitrogens with one attached hydrogen (secondary N) is 1. The summed E-state index contributed by atoms with van der Waals surface area (Å²) >= 11 is 3.28. The lowest BCUT2D eigenvalue weighted by Crippen LogP contribution is -2.13. The second kappa shape index (κ2) is 5.82. The highest BCUT2D eigenvalue weighted by Crippen LogP contribution is 2.23. The summed E-state index contributed by atoms with van der Waals surface area (Å²) in [6.07, 6.45) is 0. The summed E-state index contributed by atoms with van der Waals surface area (Å²) in [7, 11) is -3.88. The molecule has 0 aliphatic rings. The minimum Gasteiger partial charge on any atom is -0.280 e. The Balaban J connectivity index is 2.38. The zero-order valence-electron chi connectivity index (χ0n) is 10.9. The first-order chi connectivity index (χ1) is 9.78. The van der Waals surface area contributed by atoms with E-state index >= 15 is 0 Å². The standard InChI is InChI=1S/C13H11BrN2O4S/c1-9-5-10(14)7-11(6-9)15-21(19,20)13-4-2-3-12(8-13)16(17)18/h2-8,15H,1H3. The highest BCUT2D eigenvalue weighted by molar-refractivity contribution is 9.10. The van der Waals surface area contributed by atoms with E-state index in [9.17, 15) is 18.5 Å². The summed E-state index contributed by atoms with van der Waals surface area (Å²) in [5.41, 5.74) is 0.984. The molecule has 0 bridgehead atoms. The third kappa shape index (κ3) is 3.79. The third-order valence-corrected chi connectivity index (χ3v) is 4.47. The molecule has 0 amide bonds. The van der Waals surface area contributed by atoms with Gasteiger partial charge in [0.05, 0.1) is 15.5 Å². The number of anilines is 1. The van der Waals surface area contributed by atoms with Crippen molar-refractivity contribution in [1.82, 2.24) is 0 Å². The van der Waals surface area contributed by atoms with Crippen LogP contribution in [0.25, 0.3) is 0 Å². The van der Waals surface area contributed by atoms with Crippen LogP contribution in [0.4, 0.5) is 11.4 Å². The minimum absolute atomic E-state index is 0.158. The van der Waals surface area contributed by atoms with Crippen molar-refractivity contribution < 1.29 is 13.3 Å². The number of halogens is 1. The van der Waals surface area contributed by atoms with E-state index in [2.05, 4.69) is 20.7 Å². The lowest BCUT2D eigenvalue weighted by molar-refractivity contribution is -0.385. The van der Waals surface area contributed by atoms with Crippen LogP contribution in [-0.4, -0.2) is 13.3 Å². The Morgan fingerprint density at radius 3 is 2.52 bits per heavy atom. The molecule has 2 rings (SSSR count). The fraction of sp³-hybridized carbons (Fsp3) is 0.0769. The van der Waals surface area contributed by atoms with Crippen LogP contribution in [0, 0.1) is 17.0 Å². The molecule has 0 heterocycles. The van der Waals surface area contributed by atoms with Gasteiger partial charge in [-0.25, -0.2) is 8.42 Å². The molecule has 0 saturated heterocycles. The van der Waals surface area contributed by atoms with E-state index in [1.165, 1.54) is 18.2 Å². The van der Waals surface area contributed by atoms with Crippen LogP contribution in [0.3, 0.4) is 0 Å². The Morgan fingerprint density at radius 1 is 1.19 bits per heavy atom. The van der Waals surface area contributed by atoms with Gasteiger partial charge in [0, 0.05) is 16.6 Å². The number of hydrogen-bond acceptors (Lipinski definition) is 4. The molecule has 2 aromatic rings. The fourth-order valence-corrected chi connectivity index (χ4v) is 3.46. The molecule has 0 radical (unpaired) electrons. The Kier molecular flexibility index (Phi) is 4.29. The Bertz CT molecular complexity index is 785. The smallest absolute Gasteiger partial charge is 0.270 e. The maximum Gasteiger partial charge on any atom is 0.270 e. The number of nitrogens with zero attached hydrogens (tertiary/aromatic N) is 1. The average Bonchev–Trinajstić information content (AvgIpc) is 2.37. The van der Waals surface area contributed by atoms with Crippen LogP contribution >= 0.6 is 15.9 Å². The van der Waals surface area contributed by atoms with Crippen molar-refractivity contribution in [2.45, 2.75) is 11.8 Å². The van der Waals surface area contributed by atoms with E-state index in [0.717, 1.165) is 16.1 Å². The maximum atomic E-state index is 12.2. The van der Waals surface area contributed by atoms with Gasteiger partial charge in [-0.3, -0.25) is 14.8 Å². The molecule has 6 nitrogen and oxygen atoms in total. The molecule has 0 atom stereocenters. The number of sulfonamides is 1. The Hall–Kier alpha value is -1.93. The fourth-order valence-electron chi connectivity index (χ4n) is 1.77. The quantitative estimate of drug-likeness (QED) is 0.658. The molecular weight excluding hydrogens is 360 g/mol. The van der Waals surface area contributed by atoms with Crippen molar-refractivity contribution in [3.63, 3.8) is 0 Å². The number of nitro benzene ring substituents is 1. The lowest BCUT2D eigenvalue weighted by atomic mass is 10.2. The number of nitro groups is 1. The topological polar surface area (TPSA) is 89.3 Å². The number of aryl methyl sites for hydroxylation is 1. The average molecular weight is 371 g/mol. The predicted octanol–water partition coefficient (Wildman–Crippen LogP) is 3.47. The summed E-state index contributed by atoms with van der Waals surface area (Å²) in [5, 5.41) is 10.7. The van der Waals surface area contributed by atoms with Gasteiger partial charge < -0.3 is 0 Å². The van der Waals surface area contributed by atoms with Crippen molar-refractivity contribution in [3.8, 4) is 0 Å². The first-order valence-corrected chi connectivity index (χ1v) is 8.10. The number of non-ortho nitro benzene ring substituents is 1. The number of rotatable bonds is 4. The molecule has 1 N–H and O–H groups in total. The van der Waals surface area contributed by atoms with Gasteiger partial charge in [-0.05, 0) is 36.8 Å². The predicted molar refractivity (Wildman–Crippen MR) is 82.8 cm³/mol. The van der Waals surface area contributed by atoms with Gasteiger partial charge in [-0.15, -0.1) is 0 Å². The summed E-state index contributed by atoms with van der Waals surface area (Å²) in [6, 6.07) is 10.0. The van der Waals surface area contributed by atoms with Gasteiger partial charge in [0.25, 0.3) is 15.7 Å². The Morgan fingerprint density at radius 2 is 1.90 bits per heavy atom. The van der Waals surface area contributed by atoms with E-state index in [1.807, 2.05) is 13.0 Å². The minimum atomic E-state index is -3.88. The van der Waals surface area contributed by atoms with E-state index in [-0.39, 0.29) is 10.6 Å². The molecule has 0 aromatic heterocycles. The van der Waals surface area contributed by atoms with Crippen molar-refractivity contribution in [2.75, 3.05) is 4.72 Å². The first-order valence-electron chi connectivity index (χ1n) is 5.82. The van der Waals surface area contributed by atoms with Crippen molar-refractivity contribution >= 4 is 37.3 Å². The van der Waals surface area contributed by atoms with Crippen LogP contribution in [0.2, 0.25) is 0 Å². The molecule has 110 valence electrons. The molecule has 21 heavy (non-hydrogen) atoms. The van der Waals surface area contributed by atoms with Crippen LogP contribution in [0.15, 0.2) is 51.8 Å². The molecule has 8 heteroatoms. The summed E-state index contributed by atoms with van der Waals surface area (Å²) in [6.45, 7) is 1.83. The van der Waals surface area contributed by atoms with Gasteiger partial charge in [-0.2, -0.15) is 0 Å². The maximum absolute atomic E-state index is 12.2. The van der Waals surface area contributed by atoms with E-state index in [4.69, 9.17) is 0 Å². The largest absolute Gasteiger partial charge is 0.280 e. The highest BCUT2D eigenvalue weighted by Gasteiger charge is 2.18. The first kappa shape index (κ1) is 15.5. The summed E-state index contributed by atoms with van der Waals surface area (Å²) in [4.78, 5) is 9.92. The molecule has 0 unspecified atom stereocenters. The van der Waals surface area contributed by atoms with Crippen LogP contribution in [0.1, 0.15) is 5.56 Å². The van der Waals surface area contributed by atoms with Crippen molar-refractivity contribution in [1.29, 1.82) is 0 Å². The zero-order valence-corrected chi connectivity index (χ0v) is 13.3. The number of benzene rings is 2. The summed E-state index contributed by atoms with van der Waals surface area (Å²) in [5.74, 6) is 0. The molecular formula is C13H11BrN2O4S. The Labute approximate surface area is 130 Å². The summed E-state index contributed by atoms with van der Waals surface area (Å²) < 4.78 is 27.6. The van der Waals surface area contributed by atoms with Gasteiger partial charge in [0.15, 0.2) is 0 Å². The number of hydrogen-bond donors (Lipinski definition) is 1. The van der Waals surface area contributed by atoms with Gasteiger partial charge in [0.1, 0.15) is 0 Å². The third-order valence-electron chi connectivity index (χ3n) is 2.63. The van der Waals surface area contributed by atoms with Gasteiger partial charge >= 0.3 is 0 Å². The molecule has 0 aliphatic carbocycles. The molecule has 0 fully saturated rings. The van der Waals surface area contributed by atoms with Gasteiger partial charge in [0.2, 0.25) is 0 Å².